The van der Waals surface area contributed by atoms with Crippen LogP contribution in [0.25, 0.3) is 10.9 Å². The van der Waals surface area contributed by atoms with Gasteiger partial charge in [-0.2, -0.15) is 0 Å². The van der Waals surface area contributed by atoms with Gasteiger partial charge in [0.25, 0.3) is 5.91 Å². The first kappa shape index (κ1) is 19.2. The molecule has 6 heteroatoms. The number of methoxy groups -OCH3 is 1. The molecule has 1 N–H and O–H groups in total. The van der Waals surface area contributed by atoms with Crippen molar-refractivity contribution in [1.82, 2.24) is 14.8 Å². The number of fused-ring (bicyclic) bond motifs is 2. The molecule has 3 aromatic rings. The Bertz CT molecular complexity index is 1090. The van der Waals surface area contributed by atoms with E-state index >= 15 is 0 Å². The number of hydrogen-bond donors (Lipinski definition) is 1. The van der Waals surface area contributed by atoms with E-state index in [9.17, 15) is 9.59 Å². The van der Waals surface area contributed by atoms with Gasteiger partial charge in [-0.05, 0) is 24.6 Å². The number of carbonyl (C=O) groups excluding carboxylic acids is 2. The predicted octanol–water partition coefficient (Wildman–Crippen LogP) is 2.79. The molecular formula is C23H25N3O3. The Morgan fingerprint density at radius 2 is 1.86 bits per heavy atom. The number of aryl methyl sites for hydroxylation is 1. The standard InChI is InChI=1S/C23H25N3O3/c1-15-21(18-10-6-7-11-19(18)25(15)2)22-16-8-4-5-9-17(16)23(28)26(22)14-20(27)24-12-13-29-3/h4-11,22H,12-14H2,1-3H3,(H,24,27). The fourth-order valence-electron chi connectivity index (χ4n) is 4.24. The molecule has 29 heavy (non-hydrogen) atoms. The van der Waals surface area contributed by atoms with Crippen LogP contribution in [0.5, 0.6) is 0 Å². The maximum atomic E-state index is 13.2. The molecule has 0 spiro atoms. The molecule has 2 heterocycles. The van der Waals surface area contributed by atoms with E-state index in [1.165, 1.54) is 0 Å². The largest absolute Gasteiger partial charge is 0.383 e. The number of rotatable bonds is 6. The lowest BCUT2D eigenvalue weighted by Crippen LogP contribution is -2.40. The minimum atomic E-state index is -0.294. The van der Waals surface area contributed by atoms with E-state index in [-0.39, 0.29) is 24.4 Å². The number of ether oxygens (including phenoxy) is 1. The van der Waals surface area contributed by atoms with E-state index in [4.69, 9.17) is 4.74 Å². The molecule has 6 nitrogen and oxygen atoms in total. The lowest BCUT2D eigenvalue weighted by Gasteiger charge is -2.26. The highest BCUT2D eigenvalue weighted by Gasteiger charge is 2.40. The first-order valence-corrected chi connectivity index (χ1v) is 9.74. The van der Waals surface area contributed by atoms with Crippen molar-refractivity contribution in [3.05, 3.63) is 70.9 Å². The van der Waals surface area contributed by atoms with Crippen LogP contribution in [0.1, 0.15) is 33.2 Å². The molecule has 1 aliphatic rings. The van der Waals surface area contributed by atoms with Gasteiger partial charge in [0, 0.05) is 48.4 Å². The van der Waals surface area contributed by atoms with Crippen molar-refractivity contribution >= 4 is 22.7 Å². The van der Waals surface area contributed by atoms with Gasteiger partial charge in [0.2, 0.25) is 5.91 Å². The summed E-state index contributed by atoms with van der Waals surface area (Å²) >= 11 is 0. The summed E-state index contributed by atoms with van der Waals surface area (Å²) in [6, 6.07) is 15.5. The van der Waals surface area contributed by atoms with Gasteiger partial charge in [-0.3, -0.25) is 9.59 Å². The number of carbonyl (C=O) groups is 2. The highest BCUT2D eigenvalue weighted by Crippen LogP contribution is 2.43. The Balaban J connectivity index is 1.80. The van der Waals surface area contributed by atoms with E-state index in [0.29, 0.717) is 18.7 Å². The van der Waals surface area contributed by atoms with Crippen molar-refractivity contribution < 1.29 is 14.3 Å². The molecule has 4 rings (SSSR count). The molecule has 1 aliphatic heterocycles. The van der Waals surface area contributed by atoms with Crippen LogP contribution in [0.3, 0.4) is 0 Å². The van der Waals surface area contributed by atoms with Gasteiger partial charge in [-0.25, -0.2) is 0 Å². The zero-order valence-electron chi connectivity index (χ0n) is 16.9. The zero-order chi connectivity index (χ0) is 20.5. The van der Waals surface area contributed by atoms with Gasteiger partial charge in [0.05, 0.1) is 12.6 Å². The predicted molar refractivity (Wildman–Crippen MR) is 112 cm³/mol. The van der Waals surface area contributed by atoms with Gasteiger partial charge < -0.3 is 19.5 Å². The van der Waals surface area contributed by atoms with Gasteiger partial charge in [0.15, 0.2) is 0 Å². The number of benzene rings is 2. The second-order valence-corrected chi connectivity index (χ2v) is 7.34. The lowest BCUT2D eigenvalue weighted by molar-refractivity contribution is -0.122. The molecule has 0 saturated carbocycles. The molecule has 0 saturated heterocycles. The molecule has 1 unspecified atom stereocenters. The second-order valence-electron chi connectivity index (χ2n) is 7.34. The van der Waals surface area contributed by atoms with Crippen molar-refractivity contribution in [2.45, 2.75) is 13.0 Å². The van der Waals surface area contributed by atoms with E-state index in [1.807, 2.05) is 43.4 Å². The molecule has 2 aromatic carbocycles. The lowest BCUT2D eigenvalue weighted by atomic mass is 9.95. The van der Waals surface area contributed by atoms with E-state index < -0.39 is 0 Å². The van der Waals surface area contributed by atoms with Crippen LogP contribution in [0.4, 0.5) is 0 Å². The van der Waals surface area contributed by atoms with Gasteiger partial charge in [0.1, 0.15) is 6.54 Å². The fraction of sp³-hybridized carbons (Fsp3) is 0.304. The summed E-state index contributed by atoms with van der Waals surface area (Å²) in [5.41, 5.74) is 4.88. The van der Waals surface area contributed by atoms with E-state index in [2.05, 4.69) is 28.9 Å². The van der Waals surface area contributed by atoms with Crippen molar-refractivity contribution in [1.29, 1.82) is 0 Å². The van der Waals surface area contributed by atoms with Crippen LogP contribution < -0.4 is 5.32 Å². The number of amides is 2. The van der Waals surface area contributed by atoms with E-state index in [0.717, 1.165) is 27.7 Å². The van der Waals surface area contributed by atoms with Gasteiger partial charge >= 0.3 is 0 Å². The van der Waals surface area contributed by atoms with Crippen LogP contribution >= 0.6 is 0 Å². The maximum absolute atomic E-state index is 13.2. The number of para-hydroxylation sites is 1. The van der Waals surface area contributed by atoms with Crippen LogP contribution in [0.2, 0.25) is 0 Å². The number of nitrogens with zero attached hydrogens (tertiary/aromatic N) is 2. The molecule has 0 aliphatic carbocycles. The van der Waals surface area contributed by atoms with Crippen LogP contribution in [0, 0.1) is 6.92 Å². The van der Waals surface area contributed by atoms with Gasteiger partial charge in [-0.1, -0.05) is 36.4 Å². The monoisotopic (exact) mass is 391 g/mol. The molecule has 2 amide bonds. The first-order chi connectivity index (χ1) is 14.0. The van der Waals surface area contributed by atoms with E-state index in [1.54, 1.807) is 12.0 Å². The third kappa shape index (κ3) is 3.19. The summed E-state index contributed by atoms with van der Waals surface area (Å²) in [5.74, 6) is -0.300. The minimum Gasteiger partial charge on any atom is -0.383 e. The van der Waals surface area contributed by atoms with Crippen molar-refractivity contribution in [2.75, 3.05) is 26.8 Å². The van der Waals surface area contributed by atoms with Crippen molar-refractivity contribution in [2.24, 2.45) is 7.05 Å². The highest BCUT2D eigenvalue weighted by atomic mass is 16.5. The Kier molecular flexibility index (Phi) is 5.11. The first-order valence-electron chi connectivity index (χ1n) is 9.74. The summed E-state index contributed by atoms with van der Waals surface area (Å²) in [5, 5.41) is 3.93. The average Bonchev–Trinajstić information content (AvgIpc) is 3.14. The molecule has 0 radical (unpaired) electrons. The van der Waals surface area contributed by atoms with Crippen LogP contribution in [-0.2, 0) is 16.6 Å². The number of nitrogens with one attached hydrogen (secondary N) is 1. The van der Waals surface area contributed by atoms with Crippen molar-refractivity contribution in [3.63, 3.8) is 0 Å². The van der Waals surface area contributed by atoms with Gasteiger partial charge in [-0.15, -0.1) is 0 Å². The third-order valence-corrected chi connectivity index (χ3v) is 5.72. The number of hydrogen-bond acceptors (Lipinski definition) is 3. The topological polar surface area (TPSA) is 63.6 Å². The summed E-state index contributed by atoms with van der Waals surface area (Å²) in [7, 11) is 3.62. The highest BCUT2D eigenvalue weighted by molar-refractivity contribution is 6.02. The normalized spacial score (nSPS) is 15.8. The molecule has 150 valence electrons. The van der Waals surface area contributed by atoms with Crippen LogP contribution in [-0.4, -0.2) is 48.1 Å². The quantitative estimate of drug-likeness (QED) is 0.657. The zero-order valence-corrected chi connectivity index (χ0v) is 16.9. The average molecular weight is 391 g/mol. The smallest absolute Gasteiger partial charge is 0.255 e. The summed E-state index contributed by atoms with van der Waals surface area (Å²) in [6.07, 6.45) is 0. The third-order valence-electron chi connectivity index (χ3n) is 5.72. The maximum Gasteiger partial charge on any atom is 0.255 e. The van der Waals surface area contributed by atoms with Crippen LogP contribution in [0.15, 0.2) is 48.5 Å². The second kappa shape index (κ2) is 7.72. The Morgan fingerprint density at radius 1 is 1.14 bits per heavy atom. The molecule has 1 aromatic heterocycles. The number of aromatic nitrogens is 1. The summed E-state index contributed by atoms with van der Waals surface area (Å²) in [4.78, 5) is 27.4. The van der Waals surface area contributed by atoms with Crippen molar-refractivity contribution in [3.8, 4) is 0 Å². The molecule has 1 atom stereocenters. The molecular weight excluding hydrogens is 366 g/mol. The summed E-state index contributed by atoms with van der Waals surface area (Å²) in [6.45, 7) is 2.93. The Hall–Kier alpha value is -3.12. The molecule has 0 bridgehead atoms. The fourth-order valence-corrected chi connectivity index (χ4v) is 4.24. The molecule has 0 fully saturated rings. The minimum absolute atomic E-state index is 0.00452. The Morgan fingerprint density at radius 3 is 2.66 bits per heavy atom. The summed E-state index contributed by atoms with van der Waals surface area (Å²) < 4.78 is 7.14. The Labute approximate surface area is 170 Å². The SMILES string of the molecule is COCCNC(=O)CN1C(=O)c2ccccc2C1c1c(C)n(C)c2ccccc12.